The van der Waals surface area contributed by atoms with Crippen molar-refractivity contribution >= 4 is 34.2 Å². The minimum atomic E-state index is -0.525. The van der Waals surface area contributed by atoms with Gasteiger partial charge in [0.25, 0.3) is 11.6 Å². The Hall–Kier alpha value is -5.19. The van der Waals surface area contributed by atoms with Gasteiger partial charge < -0.3 is 19.8 Å². The lowest BCUT2D eigenvalue weighted by molar-refractivity contribution is -0.125. The molecule has 0 bridgehead atoms. The molecule has 2 N–H and O–H groups in total. The lowest BCUT2D eigenvalue weighted by Crippen LogP contribution is -2.28. The number of aliphatic hydroxyl groups excluding tert-OH is 1. The van der Waals surface area contributed by atoms with Gasteiger partial charge in [0.15, 0.2) is 0 Å². The van der Waals surface area contributed by atoms with Gasteiger partial charge in [0, 0.05) is 37.5 Å². The summed E-state index contributed by atoms with van der Waals surface area (Å²) in [5.74, 6) is -1.51. The van der Waals surface area contributed by atoms with Crippen molar-refractivity contribution < 1.29 is 24.5 Å². The van der Waals surface area contributed by atoms with Crippen molar-refractivity contribution in [2.75, 3.05) is 31.6 Å². The highest BCUT2D eigenvalue weighted by atomic mass is 16.5. The zero-order valence-electron chi connectivity index (χ0n) is 22.8. The number of carbonyl (C=O) groups excluding carboxylic acids is 2. The number of nitrogens with zero attached hydrogens (tertiary/aromatic N) is 5. The number of nitriles is 1. The maximum atomic E-state index is 13.0. The van der Waals surface area contributed by atoms with E-state index in [0.29, 0.717) is 43.1 Å². The molecule has 2 aliphatic carbocycles. The van der Waals surface area contributed by atoms with Gasteiger partial charge in [-0.1, -0.05) is 24.3 Å². The second-order valence-electron chi connectivity index (χ2n) is 9.80. The number of fused-ring (bicyclic) bond motifs is 1. The number of phenols is 1. The van der Waals surface area contributed by atoms with Gasteiger partial charge in [-0.15, -0.1) is 0 Å². The van der Waals surface area contributed by atoms with Crippen molar-refractivity contribution in [3.63, 3.8) is 0 Å². The lowest BCUT2D eigenvalue weighted by Gasteiger charge is -2.26. The number of likely N-dealkylation sites (N-methyl/N-ethyl adjacent to an activating group) is 2. The Morgan fingerprint density at radius 2 is 1.95 bits per heavy atom. The molecule has 0 saturated carbocycles. The molecule has 0 saturated heterocycles. The first kappa shape index (κ1) is 27.4. The number of Topliss-reactive ketones (excluding diaryl/α,β-unsaturated/α-hetero) is 1. The number of ketones is 1. The van der Waals surface area contributed by atoms with Gasteiger partial charge in [0.2, 0.25) is 5.78 Å². The Kier molecular flexibility index (Phi) is 7.19. The average Bonchev–Trinajstić information content (AvgIpc) is 3.45. The standard InChI is InChI=1S/C31H27N5O5/c1-5-36(12-13-41-25-15-22(23(16-32)33-3)19-8-6-7-9-20(19)25)18-10-11-21(24(37)14-18)27-29(38)28(30(27)39)26-17(2)34-35(4)31(26)40/h6-11,14,25,37-38H,5,12-13,15H2,1-2,4H3/b23-22+,28-26+. The summed E-state index contributed by atoms with van der Waals surface area (Å²) in [7, 11) is 1.47. The number of rotatable bonds is 7. The highest BCUT2D eigenvalue weighted by Gasteiger charge is 2.43. The number of hydrazone groups is 1. The molecule has 0 spiro atoms. The Labute approximate surface area is 237 Å². The molecule has 0 aromatic heterocycles. The fourth-order valence-electron chi connectivity index (χ4n) is 5.50. The van der Waals surface area contributed by atoms with Gasteiger partial charge in [0.1, 0.15) is 11.5 Å². The quantitative estimate of drug-likeness (QED) is 0.295. The van der Waals surface area contributed by atoms with Crippen molar-refractivity contribution in [2.45, 2.75) is 26.4 Å². The van der Waals surface area contributed by atoms with Gasteiger partial charge in [0.05, 0.1) is 47.8 Å². The zero-order valence-corrected chi connectivity index (χ0v) is 22.8. The first-order valence-electron chi connectivity index (χ1n) is 13.1. The third kappa shape index (κ3) is 4.54. The smallest absolute Gasteiger partial charge is 0.276 e. The van der Waals surface area contributed by atoms with Crippen LogP contribution >= 0.6 is 0 Å². The number of aliphatic hydroxyl groups is 1. The van der Waals surface area contributed by atoms with E-state index >= 15 is 0 Å². The molecule has 0 fully saturated rings. The number of allylic oxidation sites excluding steroid dienone is 3. The number of aromatic hydroxyl groups is 1. The number of carbonyl (C=O) groups is 2. The van der Waals surface area contributed by atoms with Crippen LogP contribution in [0.4, 0.5) is 5.69 Å². The first-order chi connectivity index (χ1) is 19.7. The summed E-state index contributed by atoms with van der Waals surface area (Å²) >= 11 is 0. The molecule has 1 amide bonds. The molecule has 1 heterocycles. The van der Waals surface area contributed by atoms with Crippen LogP contribution in [0.5, 0.6) is 5.75 Å². The summed E-state index contributed by atoms with van der Waals surface area (Å²) in [6.45, 7) is 12.4. The zero-order chi connectivity index (χ0) is 29.4. The van der Waals surface area contributed by atoms with Crippen LogP contribution in [0.15, 0.2) is 70.2 Å². The van der Waals surface area contributed by atoms with Crippen LogP contribution in [0.25, 0.3) is 16.0 Å². The molecule has 206 valence electrons. The van der Waals surface area contributed by atoms with Gasteiger partial charge in [-0.05, 0) is 49.1 Å². The molecule has 41 heavy (non-hydrogen) atoms. The number of hydrogen-bond donors (Lipinski definition) is 2. The molecule has 1 unspecified atom stereocenters. The number of phenolic OH excluding ortho intramolecular Hbond substituents is 1. The van der Waals surface area contributed by atoms with Crippen molar-refractivity contribution in [1.29, 1.82) is 5.26 Å². The fourth-order valence-corrected chi connectivity index (χ4v) is 5.50. The Balaban J connectivity index is 1.31. The molecule has 0 radical (unpaired) electrons. The molecule has 10 nitrogen and oxygen atoms in total. The second-order valence-corrected chi connectivity index (χ2v) is 9.80. The van der Waals surface area contributed by atoms with Gasteiger partial charge in [-0.2, -0.15) is 5.10 Å². The van der Waals surface area contributed by atoms with E-state index in [1.807, 2.05) is 42.2 Å². The summed E-state index contributed by atoms with van der Waals surface area (Å²) in [5, 5.41) is 36.0. The molecular formula is C31H27N5O5. The third-order valence-corrected chi connectivity index (χ3v) is 7.55. The van der Waals surface area contributed by atoms with E-state index in [1.165, 1.54) is 13.1 Å². The van der Waals surface area contributed by atoms with Crippen molar-refractivity contribution in [1.82, 2.24) is 5.01 Å². The Bertz CT molecular complexity index is 1690. The number of ether oxygens (including phenoxy) is 1. The third-order valence-electron chi connectivity index (χ3n) is 7.55. The summed E-state index contributed by atoms with van der Waals surface area (Å²) in [5.41, 5.74) is 3.75. The number of benzene rings is 2. The monoisotopic (exact) mass is 549 g/mol. The largest absolute Gasteiger partial charge is 0.507 e. The molecule has 10 heteroatoms. The van der Waals surface area contributed by atoms with E-state index in [1.54, 1.807) is 19.1 Å². The number of hydrogen-bond acceptors (Lipinski definition) is 8. The highest BCUT2D eigenvalue weighted by Crippen LogP contribution is 2.44. The van der Waals surface area contributed by atoms with E-state index in [2.05, 4.69) is 9.95 Å². The molecule has 1 aliphatic heterocycles. The molecule has 2 aromatic carbocycles. The second kappa shape index (κ2) is 10.8. The van der Waals surface area contributed by atoms with E-state index < -0.39 is 11.7 Å². The first-order valence-corrected chi connectivity index (χ1v) is 13.1. The lowest BCUT2D eigenvalue weighted by atomic mass is 9.79. The van der Waals surface area contributed by atoms with E-state index in [0.717, 1.165) is 16.1 Å². The van der Waals surface area contributed by atoms with Crippen LogP contribution in [0.1, 0.15) is 43.1 Å². The van der Waals surface area contributed by atoms with Crippen LogP contribution in [-0.2, 0) is 14.3 Å². The van der Waals surface area contributed by atoms with Crippen LogP contribution in [0.2, 0.25) is 0 Å². The molecule has 5 rings (SSSR count). The Morgan fingerprint density at radius 3 is 2.56 bits per heavy atom. The van der Waals surface area contributed by atoms with Crippen LogP contribution < -0.4 is 4.90 Å². The van der Waals surface area contributed by atoms with Crippen molar-refractivity contribution in [3.05, 3.63) is 93.2 Å². The van der Waals surface area contributed by atoms with Crippen LogP contribution in [0.3, 0.4) is 0 Å². The normalized spacial score (nSPS) is 20.9. The maximum absolute atomic E-state index is 13.0. The minimum absolute atomic E-state index is 0.0435. The van der Waals surface area contributed by atoms with Gasteiger partial charge >= 0.3 is 0 Å². The molecule has 2 aromatic rings. The van der Waals surface area contributed by atoms with Crippen molar-refractivity contribution in [2.24, 2.45) is 5.10 Å². The van der Waals surface area contributed by atoms with E-state index in [-0.39, 0.29) is 45.6 Å². The van der Waals surface area contributed by atoms with Gasteiger partial charge in [-0.25, -0.2) is 15.1 Å². The van der Waals surface area contributed by atoms with Crippen LogP contribution in [0, 0.1) is 17.9 Å². The topological polar surface area (TPSA) is 131 Å². The Morgan fingerprint density at radius 1 is 1.20 bits per heavy atom. The predicted molar refractivity (Wildman–Crippen MR) is 152 cm³/mol. The van der Waals surface area contributed by atoms with Crippen LogP contribution in [-0.4, -0.2) is 59.4 Å². The maximum Gasteiger partial charge on any atom is 0.276 e. The summed E-state index contributed by atoms with van der Waals surface area (Å²) in [6, 6.07) is 14.5. The predicted octanol–water partition coefficient (Wildman–Crippen LogP) is 4.53. The average molecular weight is 550 g/mol. The summed E-state index contributed by atoms with van der Waals surface area (Å²) < 4.78 is 6.20. The van der Waals surface area contributed by atoms with Crippen molar-refractivity contribution in [3.8, 4) is 11.8 Å². The summed E-state index contributed by atoms with van der Waals surface area (Å²) in [4.78, 5) is 30.7. The van der Waals surface area contributed by atoms with E-state index in [4.69, 9.17) is 11.3 Å². The minimum Gasteiger partial charge on any atom is -0.507 e. The molecule has 1 atom stereocenters. The fraction of sp³-hybridized carbons (Fsp3) is 0.258. The molecule has 3 aliphatic rings. The summed E-state index contributed by atoms with van der Waals surface area (Å²) in [6.07, 6.45) is 0.174. The molecular weight excluding hydrogens is 522 g/mol. The highest BCUT2D eigenvalue weighted by molar-refractivity contribution is 6.44. The van der Waals surface area contributed by atoms with E-state index in [9.17, 15) is 25.1 Å². The number of amides is 1. The van der Waals surface area contributed by atoms with Gasteiger partial charge in [-0.3, -0.25) is 9.59 Å². The number of anilines is 1. The SMILES string of the molecule is [C-]#[N+]/C(C#N)=C1\CC(OCCN(CC)c2ccc(C3=C(O)/C(=C4\C(=O)N(C)N=C4C)C3=O)c(O)c2)c2ccccc21.